The molecule has 2 atom stereocenters. The van der Waals surface area contributed by atoms with Gasteiger partial charge in [0.1, 0.15) is 6.61 Å². The predicted molar refractivity (Wildman–Crippen MR) is 88.1 cm³/mol. The maximum atomic E-state index is 6.25. The number of hydrogen-bond donors (Lipinski definition) is 1. The summed E-state index contributed by atoms with van der Waals surface area (Å²) in [4.78, 5) is 5.55. The van der Waals surface area contributed by atoms with Crippen LogP contribution in [-0.2, 0) is 11.4 Å². The molecule has 0 aliphatic heterocycles. The van der Waals surface area contributed by atoms with Gasteiger partial charge in [0.05, 0.1) is 5.71 Å². The third-order valence-corrected chi connectivity index (χ3v) is 4.55. The smallest absolute Gasteiger partial charge is 0.142 e. The fourth-order valence-electron chi connectivity index (χ4n) is 3.72. The van der Waals surface area contributed by atoms with Gasteiger partial charge in [0.25, 0.3) is 0 Å². The highest BCUT2D eigenvalue weighted by molar-refractivity contribution is 5.87. The summed E-state index contributed by atoms with van der Waals surface area (Å²) in [6, 6.07) is 10.4. The van der Waals surface area contributed by atoms with Crippen molar-refractivity contribution in [3.63, 3.8) is 0 Å². The Balaban J connectivity index is 2.00. The van der Waals surface area contributed by atoms with Gasteiger partial charge in [-0.3, -0.25) is 0 Å². The molecular formula is C18H28N2O. The van der Waals surface area contributed by atoms with Gasteiger partial charge in [0.2, 0.25) is 0 Å². The molecule has 2 N–H and O–H groups in total. The summed E-state index contributed by atoms with van der Waals surface area (Å²) < 4.78 is 0. The number of hydrogen-bond acceptors (Lipinski definition) is 3. The molecule has 1 fully saturated rings. The first-order chi connectivity index (χ1) is 9.81. The minimum absolute atomic E-state index is 0.0395. The Morgan fingerprint density at radius 1 is 1.24 bits per heavy atom. The zero-order valence-electron chi connectivity index (χ0n) is 13.7. The molecule has 0 spiro atoms. The van der Waals surface area contributed by atoms with Crippen LogP contribution in [0.5, 0.6) is 0 Å². The van der Waals surface area contributed by atoms with Crippen molar-refractivity contribution >= 4 is 5.71 Å². The molecule has 1 aromatic carbocycles. The van der Waals surface area contributed by atoms with Crippen LogP contribution in [0.1, 0.15) is 52.5 Å². The summed E-state index contributed by atoms with van der Waals surface area (Å²) in [6.45, 7) is 9.44. The Hall–Kier alpha value is -1.35. The van der Waals surface area contributed by atoms with E-state index in [-0.39, 0.29) is 16.9 Å². The molecule has 21 heavy (non-hydrogen) atoms. The van der Waals surface area contributed by atoms with Gasteiger partial charge >= 0.3 is 0 Å². The fraction of sp³-hybridized carbons (Fsp3) is 0.611. The second-order valence-electron chi connectivity index (χ2n) is 7.51. The lowest BCUT2D eigenvalue weighted by molar-refractivity contribution is 0.107. The zero-order chi connectivity index (χ0) is 15.5. The molecule has 116 valence electrons. The summed E-state index contributed by atoms with van der Waals surface area (Å²) in [5.41, 5.74) is 8.75. The van der Waals surface area contributed by atoms with Crippen LogP contribution in [0.4, 0.5) is 0 Å². The number of nitrogens with two attached hydrogens (primary N) is 1. The van der Waals surface area contributed by atoms with Crippen molar-refractivity contribution in [2.75, 3.05) is 0 Å². The molecule has 0 aromatic heterocycles. The van der Waals surface area contributed by atoms with Gasteiger partial charge in [-0.05, 0) is 37.2 Å². The Kier molecular flexibility index (Phi) is 4.72. The standard InChI is InChI=1S/C18H28N2O/c1-14(20-21-12-15-8-6-5-7-9-15)18(4)11-16(19)10-17(2,3)13-18/h5-9,16H,10-13,19H2,1-4H3/b20-14+. The lowest BCUT2D eigenvalue weighted by Gasteiger charge is -2.45. The molecule has 1 aliphatic carbocycles. The fourth-order valence-corrected chi connectivity index (χ4v) is 3.72. The first-order valence-corrected chi connectivity index (χ1v) is 7.77. The van der Waals surface area contributed by atoms with Gasteiger partial charge in [-0.15, -0.1) is 0 Å². The highest BCUT2D eigenvalue weighted by Gasteiger charge is 2.42. The first-order valence-electron chi connectivity index (χ1n) is 7.77. The number of benzene rings is 1. The van der Waals surface area contributed by atoms with E-state index >= 15 is 0 Å². The number of rotatable bonds is 4. The largest absolute Gasteiger partial charge is 0.391 e. The Labute approximate surface area is 128 Å². The molecular weight excluding hydrogens is 260 g/mol. The Bertz CT molecular complexity index is 495. The van der Waals surface area contributed by atoms with Crippen molar-refractivity contribution in [3.05, 3.63) is 35.9 Å². The Morgan fingerprint density at radius 2 is 1.90 bits per heavy atom. The molecule has 2 rings (SSSR count). The van der Waals surface area contributed by atoms with Crippen molar-refractivity contribution < 1.29 is 4.84 Å². The van der Waals surface area contributed by atoms with E-state index in [4.69, 9.17) is 10.6 Å². The lowest BCUT2D eigenvalue weighted by atomic mass is 9.61. The van der Waals surface area contributed by atoms with Crippen LogP contribution in [0.25, 0.3) is 0 Å². The van der Waals surface area contributed by atoms with Crippen LogP contribution < -0.4 is 5.73 Å². The molecule has 0 saturated heterocycles. The molecule has 1 aliphatic rings. The van der Waals surface area contributed by atoms with Gasteiger partial charge in [-0.1, -0.05) is 56.3 Å². The average Bonchev–Trinajstić information content (AvgIpc) is 2.37. The van der Waals surface area contributed by atoms with Crippen molar-refractivity contribution in [2.24, 2.45) is 21.7 Å². The summed E-state index contributed by atoms with van der Waals surface area (Å²) in [6.07, 6.45) is 3.18. The Morgan fingerprint density at radius 3 is 2.52 bits per heavy atom. The summed E-state index contributed by atoms with van der Waals surface area (Å²) in [7, 11) is 0. The zero-order valence-corrected chi connectivity index (χ0v) is 13.7. The molecule has 0 amide bonds. The second-order valence-corrected chi connectivity index (χ2v) is 7.51. The molecule has 2 unspecified atom stereocenters. The summed E-state index contributed by atoms with van der Waals surface area (Å²) >= 11 is 0. The highest BCUT2D eigenvalue weighted by atomic mass is 16.6. The van der Waals surface area contributed by atoms with Crippen LogP contribution in [-0.4, -0.2) is 11.8 Å². The lowest BCUT2D eigenvalue weighted by Crippen LogP contribution is -2.45. The molecule has 0 bridgehead atoms. The number of oxime groups is 1. The molecule has 1 aromatic rings. The average molecular weight is 288 g/mol. The summed E-state index contributed by atoms with van der Waals surface area (Å²) in [5, 5.41) is 4.38. The molecule has 3 nitrogen and oxygen atoms in total. The van der Waals surface area contributed by atoms with Crippen molar-refractivity contribution in [1.29, 1.82) is 0 Å². The van der Waals surface area contributed by atoms with Crippen LogP contribution >= 0.6 is 0 Å². The highest BCUT2D eigenvalue weighted by Crippen LogP contribution is 2.46. The van der Waals surface area contributed by atoms with Crippen LogP contribution in [0.3, 0.4) is 0 Å². The maximum absolute atomic E-state index is 6.25. The van der Waals surface area contributed by atoms with Crippen LogP contribution in [0.15, 0.2) is 35.5 Å². The SMILES string of the molecule is C/C(=N\OCc1ccccc1)C1(C)CC(N)CC(C)(C)C1. The number of nitrogens with zero attached hydrogens (tertiary/aromatic N) is 1. The predicted octanol–water partition coefficient (Wildman–Crippen LogP) is 4.12. The van der Waals surface area contributed by atoms with E-state index < -0.39 is 0 Å². The molecule has 0 radical (unpaired) electrons. The molecule has 1 saturated carbocycles. The minimum atomic E-state index is 0.0395. The third kappa shape index (κ3) is 4.31. The van der Waals surface area contributed by atoms with Gasteiger partial charge in [0, 0.05) is 11.5 Å². The van der Waals surface area contributed by atoms with Crippen LogP contribution in [0.2, 0.25) is 0 Å². The third-order valence-electron chi connectivity index (χ3n) is 4.55. The van der Waals surface area contributed by atoms with E-state index in [2.05, 4.69) is 32.9 Å². The van der Waals surface area contributed by atoms with Crippen molar-refractivity contribution in [3.8, 4) is 0 Å². The van der Waals surface area contributed by atoms with Crippen molar-refractivity contribution in [1.82, 2.24) is 0 Å². The topological polar surface area (TPSA) is 47.6 Å². The first kappa shape index (κ1) is 16.0. The van der Waals surface area contributed by atoms with E-state index in [1.807, 2.05) is 30.3 Å². The van der Waals surface area contributed by atoms with Gasteiger partial charge in [0.15, 0.2) is 0 Å². The maximum Gasteiger partial charge on any atom is 0.142 e. The quantitative estimate of drug-likeness (QED) is 0.669. The van der Waals surface area contributed by atoms with E-state index in [1.165, 1.54) is 0 Å². The monoisotopic (exact) mass is 288 g/mol. The van der Waals surface area contributed by atoms with E-state index in [0.29, 0.717) is 6.61 Å². The van der Waals surface area contributed by atoms with Gasteiger partial charge in [-0.25, -0.2) is 0 Å². The van der Waals surface area contributed by atoms with Gasteiger partial charge in [-0.2, -0.15) is 0 Å². The van der Waals surface area contributed by atoms with E-state index in [9.17, 15) is 0 Å². The molecule has 0 heterocycles. The van der Waals surface area contributed by atoms with Crippen LogP contribution in [0, 0.1) is 10.8 Å². The van der Waals surface area contributed by atoms with Crippen molar-refractivity contribution in [2.45, 2.75) is 59.6 Å². The van der Waals surface area contributed by atoms with E-state index in [1.54, 1.807) is 0 Å². The molecule has 3 heteroatoms. The second kappa shape index (κ2) is 6.18. The minimum Gasteiger partial charge on any atom is -0.391 e. The normalized spacial score (nSPS) is 29.2. The summed E-state index contributed by atoms with van der Waals surface area (Å²) in [5.74, 6) is 0. The van der Waals surface area contributed by atoms with E-state index in [0.717, 1.165) is 30.5 Å². The van der Waals surface area contributed by atoms with Gasteiger partial charge < -0.3 is 10.6 Å².